The fraction of sp³-hybridized carbons (Fsp3) is 0.750. The normalized spacial score (nSPS) is 28.3. The number of ether oxygens (including phenoxy) is 2. The number of halogens is 2. The van der Waals surface area contributed by atoms with Crippen LogP contribution in [0.25, 0.3) is 0 Å². The van der Waals surface area contributed by atoms with Gasteiger partial charge in [0.05, 0.1) is 6.07 Å². The molecule has 9 heteroatoms. The smallest absolute Gasteiger partial charge is 0.351 e. The molecule has 0 radical (unpaired) electrons. The van der Waals surface area contributed by atoms with E-state index in [2.05, 4.69) is 15.3 Å². The Balaban J connectivity index is 1.22. The van der Waals surface area contributed by atoms with E-state index in [1.165, 1.54) is 44.6 Å². The SMILES string of the molecule is O=C(COc1cc(OC2CC(F)(F)C2)[nH]c(=O)n1)NCC1CC2CCCC(C2)C1. The van der Waals surface area contributed by atoms with Crippen molar-refractivity contribution in [3.05, 3.63) is 16.6 Å². The van der Waals surface area contributed by atoms with Gasteiger partial charge in [0.15, 0.2) is 6.61 Å². The molecule has 0 aromatic carbocycles. The van der Waals surface area contributed by atoms with Crippen LogP contribution in [0.15, 0.2) is 10.9 Å². The van der Waals surface area contributed by atoms with E-state index < -0.39 is 30.6 Å². The van der Waals surface area contributed by atoms with Crippen LogP contribution >= 0.6 is 0 Å². The van der Waals surface area contributed by atoms with Crippen molar-refractivity contribution in [3.63, 3.8) is 0 Å². The Labute approximate surface area is 167 Å². The van der Waals surface area contributed by atoms with Crippen molar-refractivity contribution in [2.45, 2.75) is 63.4 Å². The van der Waals surface area contributed by atoms with Gasteiger partial charge in [0.25, 0.3) is 11.8 Å². The maximum absolute atomic E-state index is 12.9. The number of rotatable bonds is 7. The highest BCUT2D eigenvalue weighted by Gasteiger charge is 2.47. The third-order valence-corrected chi connectivity index (χ3v) is 6.21. The zero-order chi connectivity index (χ0) is 20.4. The molecular weight excluding hydrogens is 384 g/mol. The van der Waals surface area contributed by atoms with Gasteiger partial charge in [0.1, 0.15) is 6.10 Å². The Hall–Kier alpha value is -2.19. The van der Waals surface area contributed by atoms with E-state index in [9.17, 15) is 18.4 Å². The van der Waals surface area contributed by atoms with E-state index in [0.29, 0.717) is 12.5 Å². The van der Waals surface area contributed by atoms with Crippen LogP contribution in [0.5, 0.6) is 11.8 Å². The minimum Gasteiger partial charge on any atom is -0.475 e. The lowest BCUT2D eigenvalue weighted by atomic mass is 9.68. The molecule has 2 atom stereocenters. The Bertz CT molecular complexity index is 780. The topological polar surface area (TPSA) is 93.3 Å². The Morgan fingerprint density at radius 1 is 1.24 bits per heavy atom. The van der Waals surface area contributed by atoms with Gasteiger partial charge in [-0.1, -0.05) is 19.3 Å². The quantitative estimate of drug-likeness (QED) is 0.720. The van der Waals surface area contributed by atoms with Crippen molar-refractivity contribution in [1.29, 1.82) is 0 Å². The van der Waals surface area contributed by atoms with Crippen LogP contribution in [-0.4, -0.2) is 41.1 Å². The average Bonchev–Trinajstić information content (AvgIpc) is 2.62. The highest BCUT2D eigenvalue weighted by Crippen LogP contribution is 2.42. The van der Waals surface area contributed by atoms with Crippen LogP contribution in [0, 0.1) is 17.8 Å². The zero-order valence-electron chi connectivity index (χ0n) is 16.3. The third-order valence-electron chi connectivity index (χ3n) is 6.21. The number of fused-ring (bicyclic) bond motifs is 2. The second-order valence-electron chi connectivity index (χ2n) is 8.72. The van der Waals surface area contributed by atoms with Crippen LogP contribution in [0.3, 0.4) is 0 Å². The van der Waals surface area contributed by atoms with Crippen LogP contribution in [0.1, 0.15) is 51.4 Å². The van der Waals surface area contributed by atoms with E-state index in [4.69, 9.17) is 9.47 Å². The molecule has 0 spiro atoms. The first-order valence-electron chi connectivity index (χ1n) is 10.4. The van der Waals surface area contributed by atoms with Crippen LogP contribution < -0.4 is 20.5 Å². The summed E-state index contributed by atoms with van der Waals surface area (Å²) in [6.45, 7) is 0.374. The number of carbonyl (C=O) groups is 1. The molecule has 3 aliphatic rings. The highest BCUT2D eigenvalue weighted by molar-refractivity contribution is 5.77. The number of carbonyl (C=O) groups excluding carboxylic acids is 1. The predicted molar refractivity (Wildman–Crippen MR) is 100 cm³/mol. The molecule has 3 saturated carbocycles. The summed E-state index contributed by atoms with van der Waals surface area (Å²) < 4.78 is 36.4. The first-order chi connectivity index (χ1) is 13.8. The van der Waals surface area contributed by atoms with Crippen molar-refractivity contribution in [2.24, 2.45) is 17.8 Å². The summed E-state index contributed by atoms with van der Waals surface area (Å²) in [5.74, 6) is -0.936. The van der Waals surface area contributed by atoms with Gasteiger partial charge in [-0.2, -0.15) is 4.98 Å². The monoisotopic (exact) mass is 411 g/mol. The number of hydrogen-bond acceptors (Lipinski definition) is 5. The van der Waals surface area contributed by atoms with Crippen LogP contribution in [-0.2, 0) is 4.79 Å². The van der Waals surface area contributed by atoms with Crippen molar-refractivity contribution in [2.75, 3.05) is 13.2 Å². The molecule has 2 N–H and O–H groups in total. The van der Waals surface area contributed by atoms with Crippen molar-refractivity contribution >= 4 is 5.91 Å². The number of hydrogen-bond donors (Lipinski definition) is 2. The summed E-state index contributed by atoms with van der Waals surface area (Å²) >= 11 is 0. The molecule has 7 nitrogen and oxygen atoms in total. The lowest BCUT2D eigenvalue weighted by molar-refractivity contribution is -0.135. The van der Waals surface area contributed by atoms with Crippen LogP contribution in [0.2, 0.25) is 0 Å². The van der Waals surface area contributed by atoms with Gasteiger partial charge in [-0.15, -0.1) is 0 Å². The van der Waals surface area contributed by atoms with Crippen LogP contribution in [0.4, 0.5) is 8.78 Å². The Morgan fingerprint density at radius 2 is 1.97 bits per heavy atom. The molecule has 0 saturated heterocycles. The Morgan fingerprint density at radius 3 is 2.66 bits per heavy atom. The first kappa shape index (κ1) is 20.1. The second kappa shape index (κ2) is 8.28. The summed E-state index contributed by atoms with van der Waals surface area (Å²) in [6.07, 6.45) is 6.20. The molecule has 160 valence electrons. The van der Waals surface area contributed by atoms with Crippen molar-refractivity contribution in [3.8, 4) is 11.8 Å². The number of amides is 1. The van der Waals surface area contributed by atoms with Gasteiger partial charge in [-0.05, 0) is 37.0 Å². The molecule has 0 aliphatic heterocycles. The summed E-state index contributed by atoms with van der Waals surface area (Å²) in [4.78, 5) is 29.7. The molecule has 1 heterocycles. The van der Waals surface area contributed by atoms with Gasteiger partial charge in [-0.3, -0.25) is 9.78 Å². The second-order valence-corrected chi connectivity index (χ2v) is 8.72. The van der Waals surface area contributed by atoms with E-state index in [0.717, 1.165) is 11.8 Å². The molecule has 3 aliphatic carbocycles. The number of nitrogens with zero attached hydrogens (tertiary/aromatic N) is 1. The summed E-state index contributed by atoms with van der Waals surface area (Å²) in [5.41, 5.74) is -0.724. The van der Waals surface area contributed by atoms with Gasteiger partial charge >= 0.3 is 5.69 Å². The molecule has 1 aromatic heterocycles. The average molecular weight is 411 g/mol. The summed E-state index contributed by atoms with van der Waals surface area (Å²) in [7, 11) is 0. The number of aromatic nitrogens is 2. The maximum atomic E-state index is 12.9. The molecule has 2 bridgehead atoms. The summed E-state index contributed by atoms with van der Waals surface area (Å²) in [5, 5.41) is 2.91. The molecule has 3 fully saturated rings. The fourth-order valence-electron chi connectivity index (χ4n) is 4.91. The maximum Gasteiger partial charge on any atom is 0.351 e. The van der Waals surface area contributed by atoms with E-state index in [1.54, 1.807) is 0 Å². The standard InChI is InChI=1S/C20H27F2N3O4/c21-20(22)8-15(9-20)29-18-7-17(24-19(27)25-18)28-11-16(26)23-10-14-5-12-2-1-3-13(4-12)6-14/h7,12-15H,1-6,8-11H2,(H,23,26)(H,24,25,27). The third kappa shape index (κ3) is 5.45. The first-order valence-corrected chi connectivity index (χ1v) is 10.4. The largest absolute Gasteiger partial charge is 0.475 e. The fourth-order valence-corrected chi connectivity index (χ4v) is 4.91. The minimum atomic E-state index is -2.72. The van der Waals surface area contributed by atoms with Gasteiger partial charge < -0.3 is 14.8 Å². The van der Waals surface area contributed by atoms with Gasteiger partial charge in [0, 0.05) is 19.4 Å². The Kier molecular flexibility index (Phi) is 5.74. The van der Waals surface area contributed by atoms with E-state index in [-0.39, 0.29) is 24.3 Å². The van der Waals surface area contributed by atoms with E-state index >= 15 is 0 Å². The molecule has 2 unspecified atom stereocenters. The molecular formula is C20H27F2N3O4. The minimum absolute atomic E-state index is 0.00894. The van der Waals surface area contributed by atoms with Gasteiger partial charge in [-0.25, -0.2) is 13.6 Å². The highest BCUT2D eigenvalue weighted by atomic mass is 19.3. The predicted octanol–water partition coefficient (Wildman–Crippen LogP) is 2.66. The van der Waals surface area contributed by atoms with Crippen molar-refractivity contribution in [1.82, 2.24) is 15.3 Å². The number of aromatic amines is 1. The molecule has 4 rings (SSSR count). The van der Waals surface area contributed by atoms with Gasteiger partial charge in [0.2, 0.25) is 11.8 Å². The summed E-state index contributed by atoms with van der Waals surface area (Å²) in [6, 6.07) is 1.30. The lowest BCUT2D eigenvalue weighted by Gasteiger charge is -2.39. The zero-order valence-corrected chi connectivity index (χ0v) is 16.3. The molecule has 1 aromatic rings. The molecule has 29 heavy (non-hydrogen) atoms. The molecule has 1 amide bonds. The number of alkyl halides is 2. The number of nitrogens with one attached hydrogen (secondary N) is 2. The lowest BCUT2D eigenvalue weighted by Crippen LogP contribution is -2.43. The van der Waals surface area contributed by atoms with E-state index in [1.807, 2.05) is 0 Å². The van der Waals surface area contributed by atoms with Crippen molar-refractivity contribution < 1.29 is 23.0 Å². The number of H-pyrrole nitrogens is 1.